The van der Waals surface area contributed by atoms with Gasteiger partial charge in [-0.15, -0.1) is 0 Å². The highest BCUT2D eigenvalue weighted by Gasteiger charge is 2.26. The summed E-state index contributed by atoms with van der Waals surface area (Å²) in [7, 11) is 1.81. The van der Waals surface area contributed by atoms with Crippen molar-refractivity contribution in [3.8, 4) is 11.5 Å². The number of anilines is 2. The van der Waals surface area contributed by atoms with Crippen LogP contribution in [0.3, 0.4) is 0 Å². The zero-order valence-electron chi connectivity index (χ0n) is 13.5. The minimum Gasteiger partial charge on any atom is -0.341 e. The topological polar surface area (TPSA) is 101 Å². The van der Waals surface area contributed by atoms with Crippen LogP contribution in [0.1, 0.15) is 11.4 Å². The van der Waals surface area contributed by atoms with Crippen LogP contribution in [-0.2, 0) is 0 Å². The number of nitro groups is 1. The van der Waals surface area contributed by atoms with Gasteiger partial charge in [-0.05, 0) is 26.0 Å². The van der Waals surface area contributed by atoms with E-state index in [1.165, 1.54) is 0 Å². The monoisotopic (exact) mass is 324 g/mol. The second-order valence-electron chi connectivity index (χ2n) is 5.37. The summed E-state index contributed by atoms with van der Waals surface area (Å²) in [6.07, 6.45) is 1.61. The van der Waals surface area contributed by atoms with Crippen molar-refractivity contribution in [1.29, 1.82) is 0 Å². The predicted molar refractivity (Wildman–Crippen MR) is 90.2 cm³/mol. The molecular weight excluding hydrogens is 308 g/mol. The van der Waals surface area contributed by atoms with Crippen LogP contribution in [0.2, 0.25) is 0 Å². The van der Waals surface area contributed by atoms with Crippen LogP contribution in [0.5, 0.6) is 0 Å². The SMILES string of the molecule is Cc1cnc(-c2nc(N(C)c3ccccc3)nc(C)c2[N+](=O)[O-])[nH]1. The summed E-state index contributed by atoms with van der Waals surface area (Å²) in [6, 6.07) is 9.55. The van der Waals surface area contributed by atoms with Gasteiger partial charge in [0, 0.05) is 24.6 Å². The first kappa shape index (κ1) is 15.6. The molecule has 0 saturated heterocycles. The molecule has 0 amide bonds. The molecule has 1 aromatic carbocycles. The lowest BCUT2D eigenvalue weighted by Gasteiger charge is -2.18. The zero-order chi connectivity index (χ0) is 17.3. The number of hydrogen-bond acceptors (Lipinski definition) is 6. The molecular formula is C16H16N6O2. The van der Waals surface area contributed by atoms with Gasteiger partial charge in [-0.1, -0.05) is 18.2 Å². The van der Waals surface area contributed by atoms with Crippen LogP contribution in [0, 0.1) is 24.0 Å². The number of para-hydroxylation sites is 1. The van der Waals surface area contributed by atoms with E-state index < -0.39 is 4.92 Å². The number of benzene rings is 1. The van der Waals surface area contributed by atoms with E-state index in [1.54, 1.807) is 18.0 Å². The highest BCUT2D eigenvalue weighted by atomic mass is 16.6. The van der Waals surface area contributed by atoms with E-state index in [1.807, 2.05) is 44.3 Å². The summed E-state index contributed by atoms with van der Waals surface area (Å²) < 4.78 is 0. The van der Waals surface area contributed by atoms with Crippen LogP contribution in [0.4, 0.5) is 17.3 Å². The van der Waals surface area contributed by atoms with Crippen molar-refractivity contribution in [2.75, 3.05) is 11.9 Å². The molecule has 0 saturated carbocycles. The van der Waals surface area contributed by atoms with Crippen molar-refractivity contribution in [2.24, 2.45) is 0 Å². The molecule has 24 heavy (non-hydrogen) atoms. The fraction of sp³-hybridized carbons (Fsp3) is 0.188. The molecule has 0 fully saturated rings. The molecule has 0 aliphatic carbocycles. The first-order chi connectivity index (χ1) is 11.5. The number of H-pyrrole nitrogens is 1. The Morgan fingerprint density at radius 3 is 2.46 bits per heavy atom. The molecule has 0 bridgehead atoms. The third-order valence-corrected chi connectivity index (χ3v) is 3.60. The number of aryl methyl sites for hydroxylation is 2. The molecule has 2 aromatic heterocycles. The lowest BCUT2D eigenvalue weighted by atomic mass is 10.2. The molecule has 1 N–H and O–H groups in total. The minimum absolute atomic E-state index is 0.144. The number of hydrogen-bond donors (Lipinski definition) is 1. The van der Waals surface area contributed by atoms with Crippen molar-refractivity contribution >= 4 is 17.3 Å². The van der Waals surface area contributed by atoms with E-state index in [2.05, 4.69) is 19.9 Å². The summed E-state index contributed by atoms with van der Waals surface area (Å²) >= 11 is 0. The number of nitrogens with one attached hydrogen (secondary N) is 1. The third kappa shape index (κ3) is 2.81. The largest absolute Gasteiger partial charge is 0.341 e. The molecule has 0 radical (unpaired) electrons. The maximum absolute atomic E-state index is 11.4. The van der Waals surface area contributed by atoms with E-state index >= 15 is 0 Å². The lowest BCUT2D eigenvalue weighted by molar-refractivity contribution is -0.385. The van der Waals surface area contributed by atoms with Crippen molar-refractivity contribution in [3.63, 3.8) is 0 Å². The maximum atomic E-state index is 11.4. The molecule has 0 aliphatic rings. The van der Waals surface area contributed by atoms with Crippen LogP contribution >= 0.6 is 0 Å². The first-order valence-electron chi connectivity index (χ1n) is 7.31. The fourth-order valence-corrected chi connectivity index (χ4v) is 2.39. The van der Waals surface area contributed by atoms with E-state index in [4.69, 9.17) is 0 Å². The summed E-state index contributed by atoms with van der Waals surface area (Å²) in [4.78, 5) is 28.6. The van der Waals surface area contributed by atoms with Crippen molar-refractivity contribution in [2.45, 2.75) is 13.8 Å². The highest BCUT2D eigenvalue weighted by molar-refractivity contribution is 5.68. The van der Waals surface area contributed by atoms with Crippen LogP contribution in [-0.4, -0.2) is 31.9 Å². The molecule has 122 valence electrons. The van der Waals surface area contributed by atoms with Gasteiger partial charge in [0.15, 0.2) is 11.5 Å². The van der Waals surface area contributed by atoms with Gasteiger partial charge in [-0.25, -0.2) is 15.0 Å². The number of rotatable bonds is 4. The zero-order valence-corrected chi connectivity index (χ0v) is 13.5. The van der Waals surface area contributed by atoms with E-state index in [0.717, 1.165) is 11.4 Å². The van der Waals surface area contributed by atoms with Crippen molar-refractivity contribution in [3.05, 3.63) is 58.0 Å². The maximum Gasteiger partial charge on any atom is 0.319 e. The Morgan fingerprint density at radius 2 is 1.88 bits per heavy atom. The molecule has 2 heterocycles. The van der Waals surface area contributed by atoms with Crippen LogP contribution < -0.4 is 4.90 Å². The predicted octanol–water partition coefficient (Wildman–Crippen LogP) is 3.16. The Kier molecular flexibility index (Phi) is 3.95. The quantitative estimate of drug-likeness (QED) is 0.584. The van der Waals surface area contributed by atoms with E-state index in [9.17, 15) is 10.1 Å². The molecule has 3 aromatic rings. The van der Waals surface area contributed by atoms with Gasteiger partial charge in [0.05, 0.1) is 4.92 Å². The molecule has 0 unspecified atom stereocenters. The van der Waals surface area contributed by atoms with Gasteiger partial charge in [0.25, 0.3) is 0 Å². The van der Waals surface area contributed by atoms with Crippen molar-refractivity contribution < 1.29 is 4.92 Å². The summed E-state index contributed by atoms with van der Waals surface area (Å²) in [5.74, 6) is 0.723. The Hall–Kier alpha value is -3.29. The molecule has 0 aliphatic heterocycles. The van der Waals surface area contributed by atoms with E-state index in [0.29, 0.717) is 11.8 Å². The van der Waals surface area contributed by atoms with Gasteiger partial charge in [0.1, 0.15) is 5.69 Å². The summed E-state index contributed by atoms with van der Waals surface area (Å²) in [5.41, 5.74) is 2.01. The molecule has 3 rings (SSSR count). The average Bonchev–Trinajstić information content (AvgIpc) is 3.00. The average molecular weight is 324 g/mol. The number of imidazole rings is 1. The van der Waals surface area contributed by atoms with Gasteiger partial charge in [-0.3, -0.25) is 10.1 Å². The van der Waals surface area contributed by atoms with Gasteiger partial charge in [0.2, 0.25) is 5.95 Å². The molecule has 8 heteroatoms. The summed E-state index contributed by atoms with van der Waals surface area (Å²) in [5, 5.41) is 11.4. The standard InChI is InChI=1S/C16H16N6O2/c1-10-9-17-15(18-10)13-14(22(23)24)11(2)19-16(20-13)21(3)12-7-5-4-6-8-12/h4-9H,1-3H3,(H,17,18). The van der Waals surface area contributed by atoms with E-state index in [-0.39, 0.29) is 17.1 Å². The third-order valence-electron chi connectivity index (χ3n) is 3.60. The van der Waals surface area contributed by atoms with Gasteiger partial charge < -0.3 is 9.88 Å². The lowest BCUT2D eigenvalue weighted by Crippen LogP contribution is -2.15. The Morgan fingerprint density at radius 1 is 1.17 bits per heavy atom. The Labute approximate surface area is 138 Å². The molecule has 8 nitrogen and oxygen atoms in total. The highest BCUT2D eigenvalue weighted by Crippen LogP contribution is 2.31. The van der Waals surface area contributed by atoms with Crippen LogP contribution in [0.15, 0.2) is 36.5 Å². The first-order valence-corrected chi connectivity index (χ1v) is 7.31. The second kappa shape index (κ2) is 6.07. The van der Waals surface area contributed by atoms with Crippen LogP contribution in [0.25, 0.3) is 11.5 Å². The Balaban J connectivity index is 2.16. The smallest absolute Gasteiger partial charge is 0.319 e. The van der Waals surface area contributed by atoms with Gasteiger partial charge in [-0.2, -0.15) is 0 Å². The fourth-order valence-electron chi connectivity index (χ4n) is 2.39. The molecule has 0 atom stereocenters. The number of aromatic nitrogens is 4. The Bertz CT molecular complexity index is 891. The summed E-state index contributed by atoms with van der Waals surface area (Å²) in [6.45, 7) is 3.43. The van der Waals surface area contributed by atoms with Gasteiger partial charge >= 0.3 is 5.69 Å². The minimum atomic E-state index is -0.477. The number of nitrogens with zero attached hydrogens (tertiary/aromatic N) is 5. The van der Waals surface area contributed by atoms with Crippen molar-refractivity contribution in [1.82, 2.24) is 19.9 Å². The molecule has 0 spiro atoms. The normalized spacial score (nSPS) is 10.6. The second-order valence-corrected chi connectivity index (χ2v) is 5.37. The number of aromatic amines is 1.